The molecule has 0 unspecified atom stereocenters. The van der Waals surface area contributed by atoms with E-state index in [0.717, 1.165) is 7.11 Å². The van der Waals surface area contributed by atoms with E-state index in [1.165, 1.54) is 0 Å². The maximum absolute atomic E-state index is 12.7. The molecule has 0 saturated heterocycles. The maximum atomic E-state index is 12.7. The highest BCUT2D eigenvalue weighted by Gasteiger charge is 2.49. The number of rotatable bonds is 3. The predicted octanol–water partition coefficient (Wildman–Crippen LogP) is 2.72. The van der Waals surface area contributed by atoms with Crippen molar-refractivity contribution in [3.05, 3.63) is 29.3 Å². The van der Waals surface area contributed by atoms with Crippen molar-refractivity contribution >= 4 is 16.1 Å². The lowest BCUT2D eigenvalue weighted by Gasteiger charge is -2.15. The van der Waals surface area contributed by atoms with Crippen LogP contribution in [0.4, 0.5) is 26.3 Å². The van der Waals surface area contributed by atoms with Crippen LogP contribution >= 0.6 is 0 Å². The Morgan fingerprint density at radius 3 is 2.05 bits per heavy atom. The van der Waals surface area contributed by atoms with Gasteiger partial charge in [-0.1, -0.05) is 0 Å². The fourth-order valence-corrected chi connectivity index (χ4v) is 1.70. The van der Waals surface area contributed by atoms with E-state index in [9.17, 15) is 39.6 Å². The number of carbonyl (C=O) groups excluding carboxylic acids is 1. The molecule has 0 bridgehead atoms. The summed E-state index contributed by atoms with van der Waals surface area (Å²) in [5.74, 6) is -2.88. The minimum atomic E-state index is -6.33. The normalized spacial score (nSPS) is 12.9. The third-order valence-electron chi connectivity index (χ3n) is 2.19. The number of carbonyl (C=O) groups is 1. The van der Waals surface area contributed by atoms with Gasteiger partial charge in [-0.2, -0.15) is 34.8 Å². The average Bonchev–Trinajstić information content (AvgIpc) is 2.34. The van der Waals surface area contributed by atoms with E-state index in [1.807, 2.05) is 0 Å². The summed E-state index contributed by atoms with van der Waals surface area (Å²) in [6, 6.07) is 0.993. The van der Waals surface area contributed by atoms with E-state index >= 15 is 0 Å². The number of esters is 1. The maximum Gasteiger partial charge on any atom is 0.534 e. The number of alkyl halides is 6. The largest absolute Gasteiger partial charge is 0.534 e. The molecule has 0 saturated carbocycles. The van der Waals surface area contributed by atoms with E-state index in [1.54, 1.807) is 0 Å². The van der Waals surface area contributed by atoms with Crippen LogP contribution in [-0.2, 0) is 21.0 Å². The van der Waals surface area contributed by atoms with Crippen molar-refractivity contribution in [1.82, 2.24) is 0 Å². The summed E-state index contributed by atoms with van der Waals surface area (Å²) in [4.78, 5) is 11.2. The van der Waals surface area contributed by atoms with Crippen molar-refractivity contribution in [3.63, 3.8) is 0 Å². The molecule has 0 aliphatic carbocycles. The first-order chi connectivity index (χ1) is 9.79. The molecule has 124 valence electrons. The lowest BCUT2D eigenvalue weighted by Crippen LogP contribution is -2.29. The predicted molar refractivity (Wildman–Crippen MR) is 58.4 cm³/mol. The summed E-state index contributed by atoms with van der Waals surface area (Å²) in [7, 11) is -5.47. The molecule has 0 heterocycles. The topological polar surface area (TPSA) is 69.7 Å². The van der Waals surface area contributed by atoms with Gasteiger partial charge in [0.15, 0.2) is 5.75 Å². The lowest BCUT2D eigenvalue weighted by atomic mass is 10.1. The van der Waals surface area contributed by atoms with Gasteiger partial charge in [-0.15, -0.1) is 0 Å². The lowest BCUT2D eigenvalue weighted by molar-refractivity contribution is -0.138. The molecule has 0 amide bonds. The van der Waals surface area contributed by atoms with Crippen molar-refractivity contribution in [1.29, 1.82) is 0 Å². The Hall–Kier alpha value is -1.98. The van der Waals surface area contributed by atoms with Crippen molar-refractivity contribution < 1.29 is 48.5 Å². The number of ether oxygens (including phenoxy) is 1. The molecule has 1 aromatic rings. The molecule has 1 rings (SSSR count). The molecule has 0 aromatic heterocycles. The fraction of sp³-hybridized carbons (Fsp3) is 0.300. The summed E-state index contributed by atoms with van der Waals surface area (Å²) in [5.41, 5.74) is -8.35. The highest BCUT2D eigenvalue weighted by atomic mass is 32.2. The summed E-state index contributed by atoms with van der Waals surface area (Å²) in [5, 5.41) is 0. The van der Waals surface area contributed by atoms with E-state index in [2.05, 4.69) is 8.92 Å². The molecule has 12 heteroatoms. The second-order valence-corrected chi connectivity index (χ2v) is 5.22. The zero-order chi connectivity index (χ0) is 17.3. The van der Waals surface area contributed by atoms with Crippen molar-refractivity contribution in [2.24, 2.45) is 0 Å². The Kier molecular flexibility index (Phi) is 4.65. The number of methoxy groups -OCH3 is 1. The highest BCUT2D eigenvalue weighted by Crippen LogP contribution is 2.39. The molecule has 1 aromatic carbocycles. The Labute approximate surface area is 119 Å². The summed E-state index contributed by atoms with van der Waals surface area (Å²) >= 11 is 0. The van der Waals surface area contributed by atoms with Crippen LogP contribution in [0.2, 0.25) is 0 Å². The van der Waals surface area contributed by atoms with Crippen LogP contribution in [0.5, 0.6) is 5.75 Å². The van der Waals surface area contributed by atoms with Gasteiger partial charge in [0.2, 0.25) is 0 Å². The first kappa shape index (κ1) is 18.1. The number of halogens is 6. The molecule has 0 fully saturated rings. The molecule has 22 heavy (non-hydrogen) atoms. The number of benzene rings is 1. The van der Waals surface area contributed by atoms with Gasteiger partial charge in [0, 0.05) is 0 Å². The third-order valence-corrected chi connectivity index (χ3v) is 3.16. The van der Waals surface area contributed by atoms with E-state index in [4.69, 9.17) is 0 Å². The first-order valence-corrected chi connectivity index (χ1v) is 6.50. The second-order valence-electron chi connectivity index (χ2n) is 3.68. The van der Waals surface area contributed by atoms with Crippen molar-refractivity contribution in [2.45, 2.75) is 11.7 Å². The fourth-order valence-electron chi connectivity index (χ4n) is 1.24. The number of hydrogen-bond donors (Lipinski definition) is 0. The van der Waals surface area contributed by atoms with E-state index in [0.29, 0.717) is 6.07 Å². The van der Waals surface area contributed by atoms with Crippen LogP contribution in [0.15, 0.2) is 18.2 Å². The van der Waals surface area contributed by atoms with Gasteiger partial charge in [-0.05, 0) is 18.2 Å². The summed E-state index contributed by atoms with van der Waals surface area (Å²) in [6.45, 7) is 0. The molecule has 0 spiro atoms. The monoisotopic (exact) mass is 352 g/mol. The molecule has 0 aliphatic heterocycles. The van der Waals surface area contributed by atoms with Crippen LogP contribution in [0.25, 0.3) is 0 Å². The SMILES string of the molecule is COC(=O)c1ccc(C(F)(F)F)c(OS(=O)(=O)C(F)(F)F)c1. The van der Waals surface area contributed by atoms with Crippen LogP contribution < -0.4 is 4.18 Å². The van der Waals surface area contributed by atoms with Crippen LogP contribution in [0.3, 0.4) is 0 Å². The molecule has 0 atom stereocenters. The summed E-state index contributed by atoms with van der Waals surface area (Å²) < 4.78 is 104. The first-order valence-electron chi connectivity index (χ1n) is 5.10. The van der Waals surface area contributed by atoms with Crippen LogP contribution in [0, 0.1) is 0 Å². The highest BCUT2D eigenvalue weighted by molar-refractivity contribution is 7.88. The van der Waals surface area contributed by atoms with Crippen LogP contribution in [-0.4, -0.2) is 27.0 Å². The zero-order valence-electron chi connectivity index (χ0n) is 10.4. The Bertz CT molecular complexity index is 676. The molecule has 0 radical (unpaired) electrons. The summed E-state index contributed by atoms with van der Waals surface area (Å²) in [6.07, 6.45) is -5.20. The van der Waals surface area contributed by atoms with Gasteiger partial charge in [-0.3, -0.25) is 0 Å². The second kappa shape index (κ2) is 5.66. The molecule has 0 N–H and O–H groups in total. The van der Waals surface area contributed by atoms with Gasteiger partial charge in [-0.25, -0.2) is 4.79 Å². The van der Waals surface area contributed by atoms with Crippen molar-refractivity contribution in [3.8, 4) is 5.75 Å². The van der Waals surface area contributed by atoms with E-state index < -0.39 is 44.6 Å². The Morgan fingerprint density at radius 2 is 1.64 bits per heavy atom. The van der Waals surface area contributed by atoms with Gasteiger partial charge < -0.3 is 8.92 Å². The number of hydrogen-bond acceptors (Lipinski definition) is 5. The van der Waals surface area contributed by atoms with Gasteiger partial charge in [0.25, 0.3) is 0 Å². The minimum Gasteiger partial charge on any atom is -0.465 e. The Morgan fingerprint density at radius 1 is 1.09 bits per heavy atom. The van der Waals surface area contributed by atoms with Crippen LogP contribution in [0.1, 0.15) is 15.9 Å². The molecule has 5 nitrogen and oxygen atoms in total. The zero-order valence-corrected chi connectivity index (χ0v) is 11.3. The molecule has 0 aliphatic rings. The quantitative estimate of drug-likeness (QED) is 0.362. The van der Waals surface area contributed by atoms with Gasteiger partial charge >= 0.3 is 27.8 Å². The standard InChI is InChI=1S/C10H6F6O5S/c1-20-8(17)5-2-3-6(9(11,12)13)7(4-5)21-22(18,19)10(14,15)16/h2-4H,1H3. The van der Waals surface area contributed by atoms with Gasteiger partial charge in [0.05, 0.1) is 18.2 Å². The minimum absolute atomic E-state index is 0.192. The molecular weight excluding hydrogens is 346 g/mol. The van der Waals surface area contributed by atoms with E-state index in [-0.39, 0.29) is 12.1 Å². The van der Waals surface area contributed by atoms with Gasteiger partial charge in [0.1, 0.15) is 0 Å². The smallest absolute Gasteiger partial charge is 0.465 e. The molecular formula is C10H6F6O5S. The Balaban J connectivity index is 3.45. The average molecular weight is 352 g/mol. The van der Waals surface area contributed by atoms with Crippen molar-refractivity contribution in [2.75, 3.05) is 7.11 Å². The third kappa shape index (κ3) is 3.81.